The zero-order valence-electron chi connectivity index (χ0n) is 11.8. The van der Waals surface area contributed by atoms with E-state index < -0.39 is 16.6 Å². The highest BCUT2D eigenvalue weighted by Crippen LogP contribution is 2.27. The van der Waals surface area contributed by atoms with Gasteiger partial charge in [-0.05, 0) is 65.0 Å². The minimum absolute atomic E-state index is 0.460. The molecule has 0 bridgehead atoms. The van der Waals surface area contributed by atoms with Gasteiger partial charge in [-0.15, -0.1) is 0 Å². The summed E-state index contributed by atoms with van der Waals surface area (Å²) in [6.45, 7) is 13.6. The second-order valence-electron chi connectivity index (χ2n) is 6.87. The summed E-state index contributed by atoms with van der Waals surface area (Å²) < 4.78 is 12.4. The summed E-state index contributed by atoms with van der Waals surface area (Å²) in [4.78, 5) is 0. The van der Waals surface area contributed by atoms with Crippen LogP contribution >= 0.6 is 0 Å². The van der Waals surface area contributed by atoms with Gasteiger partial charge in [0.2, 0.25) is 0 Å². The molecular formula is C12H28O2Si2. The molecule has 0 aromatic heterocycles. The van der Waals surface area contributed by atoms with E-state index in [1.54, 1.807) is 0 Å². The molecule has 0 aromatic carbocycles. The Morgan fingerprint density at radius 3 is 1.44 bits per heavy atom. The van der Waals surface area contributed by atoms with Crippen LogP contribution in [0, 0.1) is 0 Å². The lowest BCUT2D eigenvalue weighted by molar-refractivity contribution is 0.0602. The van der Waals surface area contributed by atoms with Crippen molar-refractivity contribution in [2.45, 2.75) is 77.2 Å². The van der Waals surface area contributed by atoms with Gasteiger partial charge in [0.15, 0.2) is 16.6 Å². The number of rotatable bonds is 4. The first-order valence-corrected chi connectivity index (χ1v) is 13.3. The summed E-state index contributed by atoms with van der Waals surface area (Å²) in [6, 6.07) is 0. The Bertz CT molecular complexity index is 196. The summed E-state index contributed by atoms with van der Waals surface area (Å²) in [5.41, 5.74) is 0. The van der Waals surface area contributed by atoms with Crippen molar-refractivity contribution in [1.29, 1.82) is 0 Å². The Kier molecular flexibility index (Phi) is 4.81. The molecule has 2 nitrogen and oxygen atoms in total. The van der Waals surface area contributed by atoms with Crippen molar-refractivity contribution in [3.05, 3.63) is 0 Å². The molecule has 1 saturated carbocycles. The third-order valence-electron chi connectivity index (χ3n) is 2.62. The highest BCUT2D eigenvalue weighted by molar-refractivity contribution is 6.70. The fraction of sp³-hybridized carbons (Fsp3) is 1.00. The van der Waals surface area contributed by atoms with Crippen LogP contribution in [-0.4, -0.2) is 28.8 Å². The van der Waals surface area contributed by atoms with Crippen molar-refractivity contribution in [1.82, 2.24) is 0 Å². The summed E-state index contributed by atoms with van der Waals surface area (Å²) in [7, 11) is -2.75. The third-order valence-corrected chi connectivity index (χ3v) is 4.70. The Hall–Kier alpha value is 0.354. The largest absolute Gasteiger partial charge is 0.415 e. The summed E-state index contributed by atoms with van der Waals surface area (Å²) in [5.74, 6) is 0. The van der Waals surface area contributed by atoms with Crippen LogP contribution in [0.3, 0.4) is 0 Å². The SMILES string of the molecule is C[Si](C)(C)OC1CCCC(O[Si](C)(C)C)C1. The Morgan fingerprint density at radius 2 is 1.12 bits per heavy atom. The van der Waals surface area contributed by atoms with E-state index in [1.165, 1.54) is 19.3 Å². The van der Waals surface area contributed by atoms with Gasteiger partial charge in [-0.2, -0.15) is 0 Å². The molecule has 4 heteroatoms. The van der Waals surface area contributed by atoms with E-state index in [0.29, 0.717) is 12.2 Å². The topological polar surface area (TPSA) is 18.5 Å². The Labute approximate surface area is 103 Å². The van der Waals surface area contributed by atoms with Crippen LogP contribution < -0.4 is 0 Å². The molecule has 1 aliphatic carbocycles. The van der Waals surface area contributed by atoms with E-state index in [4.69, 9.17) is 8.85 Å². The minimum atomic E-state index is -1.38. The quantitative estimate of drug-likeness (QED) is 0.711. The zero-order valence-corrected chi connectivity index (χ0v) is 13.8. The van der Waals surface area contributed by atoms with Gasteiger partial charge in [-0.25, -0.2) is 0 Å². The van der Waals surface area contributed by atoms with Gasteiger partial charge in [0, 0.05) is 12.2 Å². The molecule has 0 aromatic rings. The molecule has 96 valence electrons. The molecule has 1 aliphatic rings. The molecule has 2 unspecified atom stereocenters. The molecule has 1 rings (SSSR count). The average molecular weight is 261 g/mol. The van der Waals surface area contributed by atoms with Crippen LogP contribution in [-0.2, 0) is 8.85 Å². The van der Waals surface area contributed by atoms with Crippen LogP contribution in [0.4, 0.5) is 0 Å². The molecule has 16 heavy (non-hydrogen) atoms. The second kappa shape index (κ2) is 5.33. The number of hydrogen-bond donors (Lipinski definition) is 0. The predicted molar refractivity (Wildman–Crippen MR) is 74.9 cm³/mol. The highest BCUT2D eigenvalue weighted by Gasteiger charge is 2.30. The Balaban J connectivity index is 2.41. The summed E-state index contributed by atoms with van der Waals surface area (Å²) in [5, 5.41) is 0. The van der Waals surface area contributed by atoms with Gasteiger partial charge in [0.05, 0.1) is 0 Å². The first-order valence-electron chi connectivity index (χ1n) is 6.51. The monoisotopic (exact) mass is 260 g/mol. The van der Waals surface area contributed by atoms with Gasteiger partial charge in [-0.3, -0.25) is 0 Å². The lowest BCUT2D eigenvalue weighted by atomic mass is 9.95. The van der Waals surface area contributed by atoms with Gasteiger partial charge in [0.1, 0.15) is 0 Å². The van der Waals surface area contributed by atoms with E-state index in [1.807, 2.05) is 0 Å². The zero-order chi connectivity index (χ0) is 12.4. The van der Waals surface area contributed by atoms with Crippen LogP contribution in [0.2, 0.25) is 39.3 Å². The maximum absolute atomic E-state index is 6.20. The number of hydrogen-bond acceptors (Lipinski definition) is 2. The highest BCUT2D eigenvalue weighted by atomic mass is 28.4. The van der Waals surface area contributed by atoms with Crippen LogP contribution in [0.1, 0.15) is 25.7 Å². The van der Waals surface area contributed by atoms with Crippen LogP contribution in [0.15, 0.2) is 0 Å². The standard InChI is InChI=1S/C12H28O2Si2/c1-15(2,3)13-11-8-7-9-12(10-11)14-16(4,5)6/h11-12H,7-10H2,1-6H3. The van der Waals surface area contributed by atoms with Crippen molar-refractivity contribution in [3.63, 3.8) is 0 Å². The van der Waals surface area contributed by atoms with Crippen molar-refractivity contribution >= 4 is 16.6 Å². The molecular weight excluding hydrogens is 232 g/mol. The van der Waals surface area contributed by atoms with E-state index in [-0.39, 0.29) is 0 Å². The lowest BCUT2D eigenvalue weighted by Gasteiger charge is -2.36. The lowest BCUT2D eigenvalue weighted by Crippen LogP contribution is -2.40. The van der Waals surface area contributed by atoms with Gasteiger partial charge >= 0.3 is 0 Å². The summed E-state index contributed by atoms with van der Waals surface area (Å²) in [6.07, 6.45) is 5.77. The van der Waals surface area contributed by atoms with E-state index in [0.717, 1.165) is 6.42 Å². The van der Waals surface area contributed by atoms with Crippen molar-refractivity contribution in [2.24, 2.45) is 0 Å². The molecule has 0 spiro atoms. The van der Waals surface area contributed by atoms with Crippen LogP contribution in [0.25, 0.3) is 0 Å². The van der Waals surface area contributed by atoms with Gasteiger partial charge in [-0.1, -0.05) is 0 Å². The summed E-state index contributed by atoms with van der Waals surface area (Å²) >= 11 is 0. The smallest absolute Gasteiger partial charge is 0.184 e. The molecule has 0 N–H and O–H groups in total. The molecule has 0 amide bonds. The second-order valence-corrected chi connectivity index (χ2v) is 15.8. The van der Waals surface area contributed by atoms with Gasteiger partial charge < -0.3 is 8.85 Å². The molecule has 0 radical (unpaired) electrons. The molecule has 0 saturated heterocycles. The maximum atomic E-state index is 6.20. The van der Waals surface area contributed by atoms with E-state index in [2.05, 4.69) is 39.3 Å². The van der Waals surface area contributed by atoms with Crippen molar-refractivity contribution in [3.8, 4) is 0 Å². The minimum Gasteiger partial charge on any atom is -0.415 e. The van der Waals surface area contributed by atoms with Crippen LogP contribution in [0.5, 0.6) is 0 Å². The fourth-order valence-corrected chi connectivity index (χ4v) is 4.74. The molecule has 0 aliphatic heterocycles. The van der Waals surface area contributed by atoms with E-state index in [9.17, 15) is 0 Å². The maximum Gasteiger partial charge on any atom is 0.184 e. The fourth-order valence-electron chi connectivity index (χ4n) is 2.32. The molecule has 0 heterocycles. The van der Waals surface area contributed by atoms with Gasteiger partial charge in [0.25, 0.3) is 0 Å². The first-order chi connectivity index (χ1) is 7.16. The third kappa shape index (κ3) is 6.18. The van der Waals surface area contributed by atoms with Crippen molar-refractivity contribution < 1.29 is 8.85 Å². The van der Waals surface area contributed by atoms with E-state index >= 15 is 0 Å². The molecule has 1 fully saturated rings. The Morgan fingerprint density at radius 1 is 0.750 bits per heavy atom. The normalized spacial score (nSPS) is 28.1. The van der Waals surface area contributed by atoms with Crippen molar-refractivity contribution in [2.75, 3.05) is 0 Å². The molecule has 2 atom stereocenters. The predicted octanol–water partition coefficient (Wildman–Crippen LogP) is 4.00. The first kappa shape index (κ1) is 14.4. The average Bonchev–Trinajstić information content (AvgIpc) is 1.96.